The van der Waals surface area contributed by atoms with Crippen molar-refractivity contribution in [3.63, 3.8) is 0 Å². The van der Waals surface area contributed by atoms with Gasteiger partial charge in [-0.3, -0.25) is 0 Å². The monoisotopic (exact) mass is 356 g/mol. The molecule has 0 aliphatic rings. The van der Waals surface area contributed by atoms with Crippen LogP contribution < -0.4 is 0 Å². The van der Waals surface area contributed by atoms with Gasteiger partial charge in [-0.25, -0.2) is 0 Å². The van der Waals surface area contributed by atoms with Crippen molar-refractivity contribution in [3.8, 4) is 0 Å². The van der Waals surface area contributed by atoms with Gasteiger partial charge in [0.15, 0.2) is 0 Å². The number of hydrogen-bond acceptors (Lipinski definition) is 0. The molecule has 0 heteroatoms. The Morgan fingerprint density at radius 1 is 0.593 bits per heavy atom. The Morgan fingerprint density at radius 3 is 1.56 bits per heavy atom. The number of hydrogen-bond donors (Lipinski definition) is 0. The Labute approximate surface area is 165 Å². The smallest absolute Gasteiger partial charge is 0.00256 e. The van der Waals surface area contributed by atoms with Crippen molar-refractivity contribution < 1.29 is 0 Å². The van der Waals surface area contributed by atoms with Crippen LogP contribution in [0.1, 0.15) is 60.6 Å². The minimum atomic E-state index is 0.389. The van der Waals surface area contributed by atoms with Gasteiger partial charge in [-0.05, 0) is 65.8 Å². The summed E-state index contributed by atoms with van der Waals surface area (Å²) in [5, 5.41) is 0. The normalized spacial score (nSPS) is 11.6. The maximum atomic E-state index is 2.39. The van der Waals surface area contributed by atoms with Crippen molar-refractivity contribution >= 4 is 0 Å². The molecule has 0 saturated heterocycles. The fraction of sp³-hybridized carbons (Fsp3) is 0.333. The molecule has 0 radical (unpaired) electrons. The fourth-order valence-electron chi connectivity index (χ4n) is 3.56. The van der Waals surface area contributed by atoms with Crippen molar-refractivity contribution in [2.45, 2.75) is 53.4 Å². The van der Waals surface area contributed by atoms with E-state index in [9.17, 15) is 0 Å². The van der Waals surface area contributed by atoms with Crippen molar-refractivity contribution in [2.75, 3.05) is 0 Å². The van der Waals surface area contributed by atoms with Gasteiger partial charge in [0.2, 0.25) is 0 Å². The molecule has 0 atom stereocenters. The molecule has 0 fully saturated rings. The summed E-state index contributed by atoms with van der Waals surface area (Å²) in [6, 6.07) is 27.0. The van der Waals surface area contributed by atoms with E-state index >= 15 is 0 Å². The molecule has 27 heavy (non-hydrogen) atoms. The van der Waals surface area contributed by atoms with Crippen LogP contribution in [-0.2, 0) is 19.3 Å². The second-order valence-electron chi connectivity index (χ2n) is 9.04. The first-order valence-electron chi connectivity index (χ1n) is 10.1. The number of benzene rings is 3. The predicted molar refractivity (Wildman–Crippen MR) is 117 cm³/mol. The maximum Gasteiger partial charge on any atom is -0.00256 e. The first-order valence-corrected chi connectivity index (χ1v) is 10.1. The molecule has 0 aliphatic carbocycles. The average molecular weight is 357 g/mol. The zero-order chi connectivity index (χ0) is 19.3. The Balaban J connectivity index is 1.69. The van der Waals surface area contributed by atoms with Gasteiger partial charge >= 0.3 is 0 Å². The molecule has 3 rings (SSSR count). The van der Waals surface area contributed by atoms with Crippen molar-refractivity contribution in [1.29, 1.82) is 0 Å². The quantitative estimate of drug-likeness (QED) is 0.440. The summed E-state index contributed by atoms with van der Waals surface area (Å²) in [6.45, 7) is 9.11. The molecule has 0 nitrogen and oxygen atoms in total. The summed E-state index contributed by atoms with van der Waals surface area (Å²) in [5.74, 6) is 0. The van der Waals surface area contributed by atoms with Crippen molar-refractivity contribution in [3.05, 3.63) is 106 Å². The molecule has 0 heterocycles. The van der Waals surface area contributed by atoms with Crippen LogP contribution >= 0.6 is 0 Å². The SMILES string of the molecule is Cc1cccc(Cc2cccc(Cc3cccc(CCC(C)(C)C)c3)c2)c1. The molecule has 0 bridgehead atoms. The topological polar surface area (TPSA) is 0 Å². The molecule has 0 spiro atoms. The van der Waals surface area contributed by atoms with E-state index < -0.39 is 0 Å². The van der Waals surface area contributed by atoms with Gasteiger partial charge in [-0.1, -0.05) is 99.1 Å². The highest BCUT2D eigenvalue weighted by Crippen LogP contribution is 2.22. The van der Waals surface area contributed by atoms with Gasteiger partial charge in [0.05, 0.1) is 0 Å². The lowest BCUT2D eigenvalue weighted by Crippen LogP contribution is -2.06. The average Bonchev–Trinajstić information content (AvgIpc) is 2.60. The van der Waals surface area contributed by atoms with E-state index in [4.69, 9.17) is 0 Å². The van der Waals surface area contributed by atoms with Crippen molar-refractivity contribution in [1.82, 2.24) is 0 Å². The van der Waals surface area contributed by atoms with Gasteiger partial charge in [-0.2, -0.15) is 0 Å². The first-order chi connectivity index (χ1) is 12.9. The van der Waals surface area contributed by atoms with Crippen LogP contribution in [0.25, 0.3) is 0 Å². The lowest BCUT2D eigenvalue weighted by molar-refractivity contribution is 0.378. The minimum absolute atomic E-state index is 0.389. The molecule has 140 valence electrons. The van der Waals surface area contributed by atoms with Crippen LogP contribution in [0.5, 0.6) is 0 Å². The Bertz CT molecular complexity index is 880. The van der Waals surface area contributed by atoms with E-state index in [2.05, 4.69) is 100 Å². The van der Waals surface area contributed by atoms with E-state index in [0.717, 1.165) is 19.3 Å². The fourth-order valence-corrected chi connectivity index (χ4v) is 3.56. The zero-order valence-corrected chi connectivity index (χ0v) is 17.3. The van der Waals surface area contributed by atoms with Gasteiger partial charge in [0.1, 0.15) is 0 Å². The lowest BCUT2D eigenvalue weighted by Gasteiger charge is -2.18. The van der Waals surface area contributed by atoms with Gasteiger partial charge in [0, 0.05) is 0 Å². The molecule has 3 aromatic rings. The summed E-state index contributed by atoms with van der Waals surface area (Å²) in [6.07, 6.45) is 4.39. The second kappa shape index (κ2) is 8.57. The van der Waals surface area contributed by atoms with Crippen LogP contribution in [0, 0.1) is 12.3 Å². The van der Waals surface area contributed by atoms with Crippen LogP contribution in [0.2, 0.25) is 0 Å². The van der Waals surface area contributed by atoms with Crippen LogP contribution in [0.15, 0.2) is 72.8 Å². The Hall–Kier alpha value is -2.34. The van der Waals surface area contributed by atoms with Crippen LogP contribution in [-0.4, -0.2) is 0 Å². The third-order valence-corrected chi connectivity index (χ3v) is 5.05. The number of aryl methyl sites for hydroxylation is 2. The molecule has 0 aromatic heterocycles. The van der Waals surface area contributed by atoms with Crippen LogP contribution in [0.3, 0.4) is 0 Å². The van der Waals surface area contributed by atoms with Gasteiger partial charge in [-0.15, -0.1) is 0 Å². The highest BCUT2D eigenvalue weighted by atomic mass is 14.2. The molecule has 3 aromatic carbocycles. The third kappa shape index (κ3) is 6.40. The van der Waals surface area contributed by atoms with E-state index in [1.165, 1.54) is 39.8 Å². The van der Waals surface area contributed by atoms with E-state index in [-0.39, 0.29) is 0 Å². The molecular weight excluding hydrogens is 324 g/mol. The maximum absolute atomic E-state index is 2.39. The minimum Gasteiger partial charge on any atom is -0.0617 e. The van der Waals surface area contributed by atoms with Gasteiger partial charge in [0.25, 0.3) is 0 Å². The van der Waals surface area contributed by atoms with Gasteiger partial charge < -0.3 is 0 Å². The van der Waals surface area contributed by atoms with E-state index in [1.54, 1.807) is 0 Å². The molecule has 0 amide bonds. The largest absolute Gasteiger partial charge is 0.0617 e. The second-order valence-corrected chi connectivity index (χ2v) is 9.04. The molecular formula is C27H32. The summed E-state index contributed by atoms with van der Waals surface area (Å²) >= 11 is 0. The first kappa shape index (κ1) is 19.4. The Morgan fingerprint density at radius 2 is 1.04 bits per heavy atom. The molecule has 0 saturated carbocycles. The summed E-state index contributed by atoms with van der Waals surface area (Å²) in [5.41, 5.74) is 8.76. The standard InChI is InChI=1S/C27H32/c1-21-8-5-10-23(16-21)18-25-12-7-13-26(20-25)19-24-11-6-9-22(17-24)14-15-27(2,3)4/h5-13,16-17,20H,14-15,18-19H2,1-4H3. The van der Waals surface area contributed by atoms with E-state index in [1.807, 2.05) is 0 Å². The van der Waals surface area contributed by atoms with Crippen molar-refractivity contribution in [2.24, 2.45) is 5.41 Å². The van der Waals surface area contributed by atoms with E-state index in [0.29, 0.717) is 5.41 Å². The highest BCUT2D eigenvalue weighted by Gasteiger charge is 2.10. The predicted octanol–water partition coefficient (Wildman–Crippen LogP) is 7.16. The highest BCUT2D eigenvalue weighted by molar-refractivity contribution is 5.34. The molecule has 0 aliphatic heterocycles. The summed E-state index contributed by atoms with van der Waals surface area (Å²) < 4.78 is 0. The summed E-state index contributed by atoms with van der Waals surface area (Å²) in [7, 11) is 0. The zero-order valence-electron chi connectivity index (χ0n) is 17.3. The van der Waals surface area contributed by atoms with Crippen LogP contribution in [0.4, 0.5) is 0 Å². The third-order valence-electron chi connectivity index (χ3n) is 5.05. The molecule has 0 N–H and O–H groups in total. The Kier molecular flexibility index (Phi) is 6.16. The molecule has 0 unspecified atom stereocenters. The summed E-state index contributed by atoms with van der Waals surface area (Å²) in [4.78, 5) is 0. The lowest BCUT2D eigenvalue weighted by atomic mass is 9.88. The number of rotatable bonds is 6.